The van der Waals surface area contributed by atoms with Crippen LogP contribution in [0.2, 0.25) is 0 Å². The van der Waals surface area contributed by atoms with Crippen molar-refractivity contribution >= 4 is 29.0 Å². The highest BCUT2D eigenvalue weighted by atomic mass is 32.1. The Labute approximate surface area is 164 Å². The highest BCUT2D eigenvalue weighted by molar-refractivity contribution is 7.71. The highest BCUT2D eigenvalue weighted by Gasteiger charge is 2.27. The molecule has 4 rings (SSSR count). The zero-order valence-corrected chi connectivity index (χ0v) is 16.2. The van der Waals surface area contributed by atoms with Gasteiger partial charge in [0.1, 0.15) is 6.54 Å². The molecule has 0 atom stereocenters. The van der Waals surface area contributed by atoms with Gasteiger partial charge in [-0.3, -0.25) is 28.4 Å². The molecule has 2 heterocycles. The first-order valence-corrected chi connectivity index (χ1v) is 9.57. The lowest BCUT2D eigenvalue weighted by Crippen LogP contribution is -2.42. The normalized spacial score (nSPS) is 13.8. The summed E-state index contributed by atoms with van der Waals surface area (Å²) in [4.78, 5) is 37.7. The number of fused-ring (bicyclic) bond motifs is 1. The first-order chi connectivity index (χ1) is 13.5. The van der Waals surface area contributed by atoms with Crippen LogP contribution in [0.1, 0.15) is 31.6 Å². The number of nitrogens with zero attached hydrogens (tertiary/aromatic N) is 4. The molecule has 0 bridgehead atoms. The minimum atomic E-state index is -0.498. The quantitative estimate of drug-likeness (QED) is 0.603. The monoisotopic (exact) mass is 400 g/mol. The van der Waals surface area contributed by atoms with E-state index in [1.54, 1.807) is 31.2 Å². The molecule has 1 aromatic carbocycles. The molecule has 10 heteroatoms. The van der Waals surface area contributed by atoms with Gasteiger partial charge in [-0.25, -0.2) is 4.79 Å². The molecule has 0 radical (unpaired) electrons. The number of H-pyrrole nitrogens is 1. The maximum absolute atomic E-state index is 12.7. The molecule has 1 fully saturated rings. The van der Waals surface area contributed by atoms with Gasteiger partial charge < -0.3 is 5.32 Å². The van der Waals surface area contributed by atoms with Crippen LogP contribution in [0.15, 0.2) is 33.9 Å². The number of hydrogen-bond acceptors (Lipinski definition) is 5. The molecule has 0 saturated heterocycles. The van der Waals surface area contributed by atoms with Crippen molar-refractivity contribution in [3.63, 3.8) is 0 Å². The van der Waals surface area contributed by atoms with Gasteiger partial charge in [-0.2, -0.15) is 5.10 Å². The summed E-state index contributed by atoms with van der Waals surface area (Å²) in [5.41, 5.74) is -0.403. The van der Waals surface area contributed by atoms with Crippen LogP contribution < -0.4 is 16.6 Å². The van der Waals surface area contributed by atoms with Gasteiger partial charge in [0, 0.05) is 12.6 Å². The van der Waals surface area contributed by atoms with Gasteiger partial charge in [0.25, 0.3) is 5.56 Å². The van der Waals surface area contributed by atoms with Gasteiger partial charge in [0.15, 0.2) is 10.6 Å². The lowest BCUT2D eigenvalue weighted by atomic mass is 10.2. The minimum absolute atomic E-state index is 0.186. The summed E-state index contributed by atoms with van der Waals surface area (Å²) in [6, 6.07) is 7.14. The fourth-order valence-electron chi connectivity index (χ4n) is 3.35. The van der Waals surface area contributed by atoms with Crippen LogP contribution in [0.5, 0.6) is 0 Å². The number of carbonyl (C=O) groups excluding carboxylic acids is 1. The summed E-state index contributed by atoms with van der Waals surface area (Å²) in [5.74, 6) is 0.321. The third-order valence-corrected chi connectivity index (χ3v) is 5.17. The van der Waals surface area contributed by atoms with E-state index in [2.05, 4.69) is 15.5 Å². The van der Waals surface area contributed by atoms with Gasteiger partial charge in [0.2, 0.25) is 5.91 Å². The highest BCUT2D eigenvalue weighted by Crippen LogP contribution is 2.35. The number of benzene rings is 1. The van der Waals surface area contributed by atoms with E-state index in [1.165, 1.54) is 4.57 Å². The molecule has 0 spiro atoms. The van der Waals surface area contributed by atoms with Crippen molar-refractivity contribution in [3.05, 3.63) is 55.7 Å². The Kier molecular flexibility index (Phi) is 4.71. The van der Waals surface area contributed by atoms with E-state index >= 15 is 0 Å². The molecule has 2 N–H and O–H groups in total. The van der Waals surface area contributed by atoms with Crippen molar-refractivity contribution in [1.29, 1.82) is 0 Å². The predicted octanol–water partition coefficient (Wildman–Crippen LogP) is 1.09. The van der Waals surface area contributed by atoms with Gasteiger partial charge in [-0.15, -0.1) is 0 Å². The zero-order valence-electron chi connectivity index (χ0n) is 15.3. The summed E-state index contributed by atoms with van der Waals surface area (Å²) in [5, 5.41) is 10.1. The van der Waals surface area contributed by atoms with Gasteiger partial charge in [-0.05, 0) is 44.1 Å². The predicted molar refractivity (Wildman–Crippen MR) is 106 cm³/mol. The second-order valence-corrected chi connectivity index (χ2v) is 7.14. The summed E-state index contributed by atoms with van der Waals surface area (Å²) >= 11 is 5.24. The second-order valence-electron chi connectivity index (χ2n) is 6.76. The van der Waals surface area contributed by atoms with E-state index < -0.39 is 5.69 Å². The zero-order chi connectivity index (χ0) is 19.8. The Morgan fingerprint density at radius 1 is 1.29 bits per heavy atom. The first kappa shape index (κ1) is 18.4. The average Bonchev–Trinajstić information content (AvgIpc) is 3.46. The van der Waals surface area contributed by atoms with Gasteiger partial charge in [-0.1, -0.05) is 12.1 Å². The Morgan fingerprint density at radius 3 is 2.75 bits per heavy atom. The number of hydrogen-bond donors (Lipinski definition) is 2. The van der Waals surface area contributed by atoms with Crippen molar-refractivity contribution in [2.45, 2.75) is 45.4 Å². The number of amides is 1. The molecule has 28 heavy (non-hydrogen) atoms. The fraction of sp³-hybridized carbons (Fsp3) is 0.389. The fourth-order valence-corrected chi connectivity index (χ4v) is 3.65. The Hall–Kier alpha value is -3.01. The number of carbonyl (C=O) groups is 1. The molecule has 1 aliphatic carbocycles. The maximum atomic E-state index is 12.7. The Balaban J connectivity index is 1.60. The molecule has 2 aromatic heterocycles. The smallest absolute Gasteiger partial charge is 0.331 e. The third-order valence-electron chi connectivity index (χ3n) is 4.88. The van der Waals surface area contributed by atoms with Crippen LogP contribution in [-0.4, -0.2) is 29.8 Å². The lowest BCUT2D eigenvalue weighted by molar-refractivity contribution is -0.121. The standard InChI is InChI=1S/C18H20N6O3S/c1-2-22-16(26)12-5-3-4-6-13(12)23(18(22)27)10-15(25)19-9-14-20-21-17(28)24(14)11-7-8-11/h3-6,11H,2,7-10H2,1H3,(H,19,25)(H,21,28). The lowest BCUT2D eigenvalue weighted by Gasteiger charge is -2.13. The molecule has 1 aliphatic rings. The summed E-state index contributed by atoms with van der Waals surface area (Å²) < 4.78 is 4.93. The molecule has 9 nitrogen and oxygen atoms in total. The third kappa shape index (κ3) is 3.19. The summed E-state index contributed by atoms with van der Waals surface area (Å²) in [6.07, 6.45) is 2.10. The van der Waals surface area contributed by atoms with Crippen molar-refractivity contribution in [2.75, 3.05) is 0 Å². The van der Waals surface area contributed by atoms with E-state index in [1.807, 2.05) is 4.57 Å². The summed E-state index contributed by atoms with van der Waals surface area (Å²) in [6.45, 7) is 1.99. The molecule has 1 saturated carbocycles. The summed E-state index contributed by atoms with van der Waals surface area (Å²) in [7, 11) is 0. The van der Waals surface area contributed by atoms with Crippen LogP contribution in [0, 0.1) is 4.77 Å². The number of aromatic amines is 1. The molecule has 3 aromatic rings. The molecule has 0 unspecified atom stereocenters. The number of aromatic nitrogens is 5. The van der Waals surface area contributed by atoms with E-state index in [0.29, 0.717) is 27.5 Å². The largest absolute Gasteiger partial charge is 0.347 e. The maximum Gasteiger partial charge on any atom is 0.331 e. The van der Waals surface area contributed by atoms with Crippen molar-refractivity contribution in [2.24, 2.45) is 0 Å². The average molecular weight is 400 g/mol. The van der Waals surface area contributed by atoms with Crippen LogP contribution >= 0.6 is 12.2 Å². The van der Waals surface area contributed by atoms with Gasteiger partial charge in [0.05, 0.1) is 17.4 Å². The Bertz CT molecular complexity index is 1230. The first-order valence-electron chi connectivity index (χ1n) is 9.16. The number of para-hydroxylation sites is 1. The molecule has 0 aliphatic heterocycles. The molecule has 1 amide bonds. The van der Waals surface area contributed by atoms with Crippen LogP contribution in [0.4, 0.5) is 0 Å². The van der Waals surface area contributed by atoms with E-state index in [9.17, 15) is 14.4 Å². The van der Waals surface area contributed by atoms with Crippen LogP contribution in [0.3, 0.4) is 0 Å². The SMILES string of the molecule is CCn1c(=O)c2ccccc2n(CC(=O)NCc2n[nH]c(=S)n2C2CC2)c1=O. The van der Waals surface area contributed by atoms with Crippen LogP contribution in [-0.2, 0) is 24.4 Å². The number of rotatable bonds is 6. The second kappa shape index (κ2) is 7.19. The molecule has 146 valence electrons. The Morgan fingerprint density at radius 2 is 2.04 bits per heavy atom. The van der Waals surface area contributed by atoms with Crippen molar-refractivity contribution in [1.82, 2.24) is 29.2 Å². The van der Waals surface area contributed by atoms with E-state index in [-0.39, 0.29) is 31.1 Å². The van der Waals surface area contributed by atoms with E-state index in [4.69, 9.17) is 12.2 Å². The van der Waals surface area contributed by atoms with Crippen LogP contribution in [0.25, 0.3) is 10.9 Å². The van der Waals surface area contributed by atoms with Crippen molar-refractivity contribution in [3.8, 4) is 0 Å². The molecular weight excluding hydrogens is 380 g/mol. The van der Waals surface area contributed by atoms with Gasteiger partial charge >= 0.3 is 5.69 Å². The topological polar surface area (TPSA) is 107 Å². The van der Waals surface area contributed by atoms with E-state index in [0.717, 1.165) is 17.4 Å². The van der Waals surface area contributed by atoms with Crippen molar-refractivity contribution < 1.29 is 4.79 Å². The number of nitrogens with one attached hydrogen (secondary N) is 2. The minimum Gasteiger partial charge on any atom is -0.347 e. The molecular formula is C18H20N6O3S.